The lowest BCUT2D eigenvalue weighted by Gasteiger charge is -2.28. The Bertz CT molecular complexity index is 619. The van der Waals surface area contributed by atoms with E-state index in [0.29, 0.717) is 6.54 Å². The van der Waals surface area contributed by atoms with Crippen LogP contribution in [0.1, 0.15) is 37.8 Å². The van der Waals surface area contributed by atoms with Crippen LogP contribution in [0.2, 0.25) is 0 Å². The topological polar surface area (TPSA) is 61.4 Å². The summed E-state index contributed by atoms with van der Waals surface area (Å²) in [5, 5.41) is 6.87. The minimum atomic E-state index is 0.232. The van der Waals surface area contributed by atoms with Crippen molar-refractivity contribution in [2.75, 3.05) is 73.7 Å². The summed E-state index contributed by atoms with van der Waals surface area (Å²) >= 11 is 0. The summed E-state index contributed by atoms with van der Waals surface area (Å²) in [7, 11) is 5.64. The maximum Gasteiger partial charge on any atom is 0.191 e. The van der Waals surface area contributed by atoms with Gasteiger partial charge in [0.25, 0.3) is 0 Å². The molecule has 1 fully saturated rings. The third kappa shape index (κ3) is 8.13. The number of para-hydroxylation sites is 1. The number of rotatable bonds is 13. The average Bonchev–Trinajstić information content (AvgIpc) is 3.29. The Balaban J connectivity index is 1.99. The third-order valence-corrected chi connectivity index (χ3v) is 5.52. The molecule has 1 aliphatic rings. The van der Waals surface area contributed by atoms with Crippen LogP contribution < -0.4 is 15.4 Å². The summed E-state index contributed by atoms with van der Waals surface area (Å²) in [6.07, 6.45) is 3.56. The number of ether oxygens (including phenoxy) is 2. The van der Waals surface area contributed by atoms with Crippen LogP contribution in [0.15, 0.2) is 29.3 Å². The zero-order valence-electron chi connectivity index (χ0n) is 19.3. The van der Waals surface area contributed by atoms with Gasteiger partial charge >= 0.3 is 0 Å². The van der Waals surface area contributed by atoms with Gasteiger partial charge in [-0.05, 0) is 52.4 Å². The SMILES string of the molecule is CCNC(=NCC(c1ccccc1OC)N1CCCC1)NCCN(C)CCCOC. The number of likely N-dealkylation sites (N-methyl/N-ethyl adjacent to an activating group) is 1. The predicted octanol–water partition coefficient (Wildman–Crippen LogP) is 2.36. The highest BCUT2D eigenvalue weighted by atomic mass is 16.5. The van der Waals surface area contributed by atoms with Gasteiger partial charge in [0.1, 0.15) is 5.75 Å². The second kappa shape index (κ2) is 14.2. The van der Waals surface area contributed by atoms with E-state index in [-0.39, 0.29) is 6.04 Å². The zero-order chi connectivity index (χ0) is 21.6. The molecular weight excluding hydrogens is 378 g/mol. The van der Waals surface area contributed by atoms with Gasteiger partial charge in [-0.1, -0.05) is 18.2 Å². The summed E-state index contributed by atoms with van der Waals surface area (Å²) < 4.78 is 10.8. The number of methoxy groups -OCH3 is 2. The molecule has 30 heavy (non-hydrogen) atoms. The van der Waals surface area contributed by atoms with E-state index < -0.39 is 0 Å². The van der Waals surface area contributed by atoms with Crippen LogP contribution in [0, 0.1) is 0 Å². The molecule has 0 aromatic heterocycles. The van der Waals surface area contributed by atoms with E-state index in [1.165, 1.54) is 18.4 Å². The highest BCUT2D eigenvalue weighted by molar-refractivity contribution is 5.79. The van der Waals surface area contributed by atoms with Crippen molar-refractivity contribution >= 4 is 5.96 Å². The first kappa shape index (κ1) is 24.4. The van der Waals surface area contributed by atoms with Gasteiger partial charge in [-0.2, -0.15) is 0 Å². The van der Waals surface area contributed by atoms with Crippen LogP contribution in [0.5, 0.6) is 5.75 Å². The first-order chi connectivity index (χ1) is 14.7. The average molecular weight is 420 g/mol. The van der Waals surface area contributed by atoms with Gasteiger partial charge in [0.05, 0.1) is 19.7 Å². The van der Waals surface area contributed by atoms with Crippen LogP contribution in [-0.4, -0.2) is 89.4 Å². The molecule has 1 atom stereocenters. The van der Waals surface area contributed by atoms with Gasteiger partial charge in [-0.3, -0.25) is 9.89 Å². The molecule has 0 aliphatic carbocycles. The van der Waals surface area contributed by atoms with Gasteiger partial charge in [0.15, 0.2) is 5.96 Å². The van der Waals surface area contributed by atoms with Crippen molar-refractivity contribution in [1.29, 1.82) is 0 Å². The Morgan fingerprint density at radius 3 is 2.63 bits per heavy atom. The molecular formula is C23H41N5O2. The summed E-state index contributed by atoms with van der Waals surface area (Å²) in [6.45, 7) is 9.57. The summed E-state index contributed by atoms with van der Waals surface area (Å²) in [5.41, 5.74) is 1.22. The van der Waals surface area contributed by atoms with Crippen LogP contribution in [-0.2, 0) is 4.74 Å². The quantitative estimate of drug-likeness (QED) is 0.291. The lowest BCUT2D eigenvalue weighted by Crippen LogP contribution is -2.41. The molecule has 1 unspecified atom stereocenters. The van der Waals surface area contributed by atoms with E-state index in [2.05, 4.69) is 46.5 Å². The molecule has 0 spiro atoms. The lowest BCUT2D eigenvalue weighted by molar-refractivity contribution is 0.180. The first-order valence-electron chi connectivity index (χ1n) is 11.3. The predicted molar refractivity (Wildman–Crippen MR) is 125 cm³/mol. The Hall–Kier alpha value is -1.83. The Kier molecular flexibility index (Phi) is 11.6. The van der Waals surface area contributed by atoms with Gasteiger partial charge in [0.2, 0.25) is 0 Å². The highest BCUT2D eigenvalue weighted by Crippen LogP contribution is 2.31. The molecule has 7 heteroatoms. The van der Waals surface area contributed by atoms with E-state index in [0.717, 1.165) is 64.0 Å². The Morgan fingerprint density at radius 2 is 1.93 bits per heavy atom. The molecule has 1 aliphatic heterocycles. The summed E-state index contributed by atoms with van der Waals surface area (Å²) in [4.78, 5) is 9.79. The second-order valence-corrected chi connectivity index (χ2v) is 7.80. The number of nitrogens with zero attached hydrogens (tertiary/aromatic N) is 3. The van der Waals surface area contributed by atoms with Crippen molar-refractivity contribution in [3.8, 4) is 5.75 Å². The standard InChI is InChI=1S/C23H41N5O2/c1-5-24-23(25-13-17-27(2)14-10-18-29-3)26-19-21(28-15-8-9-16-28)20-11-6-7-12-22(20)30-4/h6-7,11-12,21H,5,8-10,13-19H2,1-4H3,(H2,24,25,26). The molecule has 0 amide bonds. The maximum atomic E-state index is 5.65. The van der Waals surface area contributed by atoms with Crippen LogP contribution >= 0.6 is 0 Å². The molecule has 1 aromatic carbocycles. The number of nitrogens with one attached hydrogen (secondary N) is 2. The number of aliphatic imine (C=N–C) groups is 1. The molecule has 0 bridgehead atoms. The second-order valence-electron chi connectivity index (χ2n) is 7.80. The van der Waals surface area contributed by atoms with Crippen LogP contribution in [0.4, 0.5) is 0 Å². The molecule has 2 rings (SSSR count). The zero-order valence-corrected chi connectivity index (χ0v) is 19.3. The van der Waals surface area contributed by atoms with Crippen molar-refractivity contribution < 1.29 is 9.47 Å². The molecule has 0 saturated carbocycles. The monoisotopic (exact) mass is 419 g/mol. The minimum absolute atomic E-state index is 0.232. The number of likely N-dealkylation sites (tertiary alicyclic amines) is 1. The fourth-order valence-corrected chi connectivity index (χ4v) is 3.88. The molecule has 1 heterocycles. The van der Waals surface area contributed by atoms with Gasteiger partial charge < -0.3 is 25.0 Å². The fourth-order valence-electron chi connectivity index (χ4n) is 3.88. The van der Waals surface area contributed by atoms with Gasteiger partial charge in [-0.25, -0.2) is 0 Å². The fraction of sp³-hybridized carbons (Fsp3) is 0.696. The van der Waals surface area contributed by atoms with E-state index in [9.17, 15) is 0 Å². The van der Waals surface area contributed by atoms with E-state index in [1.807, 2.05) is 12.1 Å². The van der Waals surface area contributed by atoms with E-state index in [4.69, 9.17) is 14.5 Å². The molecule has 0 radical (unpaired) electrons. The van der Waals surface area contributed by atoms with E-state index in [1.54, 1.807) is 14.2 Å². The van der Waals surface area contributed by atoms with Crippen molar-refractivity contribution in [1.82, 2.24) is 20.4 Å². The molecule has 7 nitrogen and oxygen atoms in total. The first-order valence-corrected chi connectivity index (χ1v) is 11.3. The van der Waals surface area contributed by atoms with Crippen molar-refractivity contribution in [3.05, 3.63) is 29.8 Å². The molecule has 2 N–H and O–H groups in total. The van der Waals surface area contributed by atoms with Crippen LogP contribution in [0.3, 0.4) is 0 Å². The smallest absolute Gasteiger partial charge is 0.191 e. The highest BCUT2D eigenvalue weighted by Gasteiger charge is 2.25. The largest absolute Gasteiger partial charge is 0.496 e. The molecule has 1 saturated heterocycles. The number of hydrogen-bond donors (Lipinski definition) is 2. The number of hydrogen-bond acceptors (Lipinski definition) is 5. The molecule has 1 aromatic rings. The maximum absolute atomic E-state index is 5.65. The third-order valence-electron chi connectivity index (χ3n) is 5.52. The normalized spacial score (nSPS) is 16.1. The van der Waals surface area contributed by atoms with E-state index >= 15 is 0 Å². The number of guanidine groups is 1. The van der Waals surface area contributed by atoms with Crippen molar-refractivity contribution in [3.63, 3.8) is 0 Å². The number of benzene rings is 1. The molecule has 170 valence electrons. The van der Waals surface area contributed by atoms with Crippen LogP contribution in [0.25, 0.3) is 0 Å². The Morgan fingerprint density at radius 1 is 1.17 bits per heavy atom. The lowest BCUT2D eigenvalue weighted by atomic mass is 10.0. The Labute approximate surface area is 182 Å². The summed E-state index contributed by atoms with van der Waals surface area (Å²) in [5.74, 6) is 1.82. The van der Waals surface area contributed by atoms with Crippen molar-refractivity contribution in [2.24, 2.45) is 4.99 Å². The minimum Gasteiger partial charge on any atom is -0.496 e. The summed E-state index contributed by atoms with van der Waals surface area (Å²) in [6, 6.07) is 8.57. The van der Waals surface area contributed by atoms with Crippen molar-refractivity contribution in [2.45, 2.75) is 32.2 Å². The van der Waals surface area contributed by atoms with Gasteiger partial charge in [-0.15, -0.1) is 0 Å². The van der Waals surface area contributed by atoms with Gasteiger partial charge in [0, 0.05) is 45.5 Å².